The van der Waals surface area contributed by atoms with E-state index < -0.39 is 0 Å². The van der Waals surface area contributed by atoms with E-state index in [1.54, 1.807) is 0 Å². The maximum absolute atomic E-state index is 11.1. The van der Waals surface area contributed by atoms with Crippen LogP contribution in [0.15, 0.2) is 0 Å². The minimum atomic E-state index is -0.192. The number of rotatable bonds is 0. The molecule has 0 atom stereocenters. The highest BCUT2D eigenvalue weighted by Gasteiger charge is 2.42. The number of carbonyl (C=O) groups is 1. The second kappa shape index (κ2) is 3.25. The second-order valence-electron chi connectivity index (χ2n) is 3.90. The van der Waals surface area contributed by atoms with Crippen molar-refractivity contribution in [3.63, 3.8) is 0 Å². The average Bonchev–Trinajstić information content (AvgIpc) is 2.29. The quantitative estimate of drug-likeness (QED) is 0.582. The molecule has 0 aromatic rings. The van der Waals surface area contributed by atoms with Gasteiger partial charge in [0.05, 0.1) is 5.54 Å². The molecule has 0 unspecified atom stereocenters. The van der Waals surface area contributed by atoms with Gasteiger partial charge in [-0.05, 0) is 12.8 Å². The molecular formula is C9H14N2OS. The van der Waals surface area contributed by atoms with Crippen molar-refractivity contribution in [1.29, 1.82) is 0 Å². The molecule has 13 heavy (non-hydrogen) atoms. The standard InChI is InChI=1S/C9H14N2OS/c12-8-10-7(13)9(11-8)5-3-1-2-4-6-9/h1-6H2,(H2,10,11,12,13). The smallest absolute Gasteiger partial charge is 0.320 e. The van der Waals surface area contributed by atoms with Crippen LogP contribution in [0.4, 0.5) is 4.79 Å². The van der Waals surface area contributed by atoms with Crippen molar-refractivity contribution in [2.45, 2.75) is 44.1 Å². The van der Waals surface area contributed by atoms with E-state index in [4.69, 9.17) is 12.2 Å². The summed E-state index contributed by atoms with van der Waals surface area (Å²) >= 11 is 5.19. The Labute approximate surface area is 83.3 Å². The van der Waals surface area contributed by atoms with Crippen molar-refractivity contribution in [1.82, 2.24) is 10.6 Å². The van der Waals surface area contributed by atoms with Gasteiger partial charge in [-0.1, -0.05) is 37.9 Å². The number of amides is 2. The summed E-state index contributed by atoms with van der Waals surface area (Å²) in [6.07, 6.45) is 6.87. The first-order chi connectivity index (χ1) is 6.23. The van der Waals surface area contributed by atoms with E-state index >= 15 is 0 Å². The van der Waals surface area contributed by atoms with E-state index in [-0.39, 0.29) is 11.6 Å². The third-order valence-corrected chi connectivity index (χ3v) is 3.46. The Morgan fingerprint density at radius 3 is 2.23 bits per heavy atom. The van der Waals surface area contributed by atoms with E-state index in [1.165, 1.54) is 25.7 Å². The van der Waals surface area contributed by atoms with Crippen molar-refractivity contribution in [3.8, 4) is 0 Å². The zero-order valence-corrected chi connectivity index (χ0v) is 8.38. The van der Waals surface area contributed by atoms with Gasteiger partial charge < -0.3 is 10.6 Å². The molecule has 1 saturated carbocycles. The van der Waals surface area contributed by atoms with Gasteiger partial charge in [0, 0.05) is 0 Å². The molecule has 2 rings (SSSR count). The van der Waals surface area contributed by atoms with Crippen LogP contribution in [0, 0.1) is 0 Å². The van der Waals surface area contributed by atoms with Crippen LogP contribution in [0.5, 0.6) is 0 Å². The van der Waals surface area contributed by atoms with Crippen molar-refractivity contribution in [2.75, 3.05) is 0 Å². The molecule has 0 radical (unpaired) electrons. The van der Waals surface area contributed by atoms with Gasteiger partial charge in [-0.15, -0.1) is 0 Å². The second-order valence-corrected chi connectivity index (χ2v) is 4.31. The first kappa shape index (κ1) is 8.94. The summed E-state index contributed by atoms with van der Waals surface area (Å²) < 4.78 is 0. The lowest BCUT2D eigenvalue weighted by Gasteiger charge is -2.25. The normalized spacial score (nSPS) is 26.8. The predicted molar refractivity (Wildman–Crippen MR) is 54.7 cm³/mol. The van der Waals surface area contributed by atoms with Crippen molar-refractivity contribution in [3.05, 3.63) is 0 Å². The summed E-state index contributed by atoms with van der Waals surface area (Å²) in [5, 5.41) is 5.65. The predicted octanol–water partition coefficient (Wildman–Crippen LogP) is 1.72. The fourth-order valence-electron chi connectivity index (χ4n) is 2.21. The number of urea groups is 1. The van der Waals surface area contributed by atoms with Gasteiger partial charge >= 0.3 is 6.03 Å². The van der Waals surface area contributed by atoms with Crippen LogP contribution in [0.25, 0.3) is 0 Å². The Morgan fingerprint density at radius 1 is 1.15 bits per heavy atom. The average molecular weight is 198 g/mol. The van der Waals surface area contributed by atoms with Crippen LogP contribution in [0.2, 0.25) is 0 Å². The lowest BCUT2D eigenvalue weighted by molar-refractivity contribution is 0.243. The van der Waals surface area contributed by atoms with Crippen LogP contribution < -0.4 is 10.6 Å². The number of nitrogens with one attached hydrogen (secondary N) is 2. The Bertz CT molecular complexity index is 244. The summed E-state index contributed by atoms with van der Waals surface area (Å²) in [6, 6.07) is -0.119. The minimum Gasteiger partial charge on any atom is -0.326 e. The summed E-state index contributed by atoms with van der Waals surface area (Å²) in [4.78, 5) is 11.8. The fraction of sp³-hybridized carbons (Fsp3) is 0.778. The zero-order valence-electron chi connectivity index (χ0n) is 7.56. The number of carbonyl (C=O) groups excluding carboxylic acids is 1. The van der Waals surface area contributed by atoms with Crippen LogP contribution in [-0.4, -0.2) is 16.6 Å². The summed E-state index contributed by atoms with van der Waals surface area (Å²) in [6.45, 7) is 0. The molecule has 2 aliphatic rings. The number of hydrogen-bond donors (Lipinski definition) is 2. The van der Waals surface area contributed by atoms with Crippen molar-refractivity contribution < 1.29 is 4.79 Å². The summed E-state index contributed by atoms with van der Waals surface area (Å²) in [5.74, 6) is 0. The molecule has 1 aliphatic carbocycles. The van der Waals surface area contributed by atoms with Crippen LogP contribution in [0.1, 0.15) is 38.5 Å². The third-order valence-electron chi connectivity index (χ3n) is 2.97. The lowest BCUT2D eigenvalue weighted by atomic mass is 9.91. The topological polar surface area (TPSA) is 41.1 Å². The van der Waals surface area contributed by atoms with E-state index in [9.17, 15) is 4.79 Å². The van der Waals surface area contributed by atoms with Crippen molar-refractivity contribution in [2.24, 2.45) is 0 Å². The maximum Gasteiger partial charge on any atom is 0.320 e. The number of hydrogen-bond acceptors (Lipinski definition) is 2. The van der Waals surface area contributed by atoms with E-state index in [0.29, 0.717) is 4.99 Å². The SMILES string of the molecule is O=C1NC(=S)C2(CCCCCC2)N1. The van der Waals surface area contributed by atoms with Gasteiger partial charge in [0.15, 0.2) is 0 Å². The first-order valence-electron chi connectivity index (χ1n) is 4.87. The minimum absolute atomic E-state index is 0.119. The molecule has 0 aromatic heterocycles. The molecule has 0 bridgehead atoms. The third kappa shape index (κ3) is 1.55. The van der Waals surface area contributed by atoms with Gasteiger partial charge in [-0.2, -0.15) is 0 Å². The lowest BCUT2D eigenvalue weighted by Crippen LogP contribution is -2.45. The number of thiocarbonyl (C=S) groups is 1. The monoisotopic (exact) mass is 198 g/mol. The molecule has 4 heteroatoms. The van der Waals surface area contributed by atoms with Crippen LogP contribution >= 0.6 is 12.2 Å². The largest absolute Gasteiger partial charge is 0.326 e. The Hall–Kier alpha value is -0.640. The van der Waals surface area contributed by atoms with Gasteiger partial charge in [0.25, 0.3) is 0 Å². The van der Waals surface area contributed by atoms with Crippen molar-refractivity contribution >= 4 is 23.2 Å². The molecule has 2 amide bonds. The van der Waals surface area contributed by atoms with E-state index in [0.717, 1.165) is 12.8 Å². The molecular weight excluding hydrogens is 184 g/mol. The molecule has 1 aliphatic heterocycles. The highest BCUT2D eigenvalue weighted by Crippen LogP contribution is 2.30. The molecule has 1 saturated heterocycles. The van der Waals surface area contributed by atoms with Gasteiger partial charge in [0.1, 0.15) is 4.99 Å². The molecule has 3 nitrogen and oxygen atoms in total. The summed E-state index contributed by atoms with van der Waals surface area (Å²) in [5.41, 5.74) is -0.192. The van der Waals surface area contributed by atoms with Gasteiger partial charge in [-0.25, -0.2) is 4.79 Å². The highest BCUT2D eigenvalue weighted by atomic mass is 32.1. The van der Waals surface area contributed by atoms with Crippen LogP contribution in [-0.2, 0) is 0 Å². The molecule has 1 heterocycles. The fourth-order valence-corrected chi connectivity index (χ4v) is 2.56. The molecule has 1 spiro atoms. The highest BCUT2D eigenvalue weighted by molar-refractivity contribution is 7.80. The Balaban J connectivity index is 2.17. The zero-order chi connectivity index (χ0) is 9.31. The first-order valence-corrected chi connectivity index (χ1v) is 5.27. The van der Waals surface area contributed by atoms with Crippen LogP contribution in [0.3, 0.4) is 0 Å². The Morgan fingerprint density at radius 2 is 1.77 bits per heavy atom. The molecule has 2 fully saturated rings. The summed E-state index contributed by atoms with van der Waals surface area (Å²) in [7, 11) is 0. The Kier molecular flexibility index (Phi) is 2.24. The maximum atomic E-state index is 11.1. The molecule has 0 aromatic carbocycles. The van der Waals surface area contributed by atoms with E-state index in [2.05, 4.69) is 10.6 Å². The molecule has 72 valence electrons. The van der Waals surface area contributed by atoms with E-state index in [1.807, 2.05) is 0 Å². The van der Waals surface area contributed by atoms with Gasteiger partial charge in [-0.3, -0.25) is 0 Å². The van der Waals surface area contributed by atoms with Gasteiger partial charge in [0.2, 0.25) is 0 Å². The molecule has 2 N–H and O–H groups in total.